The van der Waals surface area contributed by atoms with Gasteiger partial charge < -0.3 is 39.2 Å². The lowest BCUT2D eigenvalue weighted by atomic mass is 10.0. The number of likely N-dealkylation sites (tertiary alicyclic amines) is 1. The molecule has 0 bridgehead atoms. The third-order valence-electron chi connectivity index (χ3n) is 11.7. The Hall–Kier alpha value is -5.62. The van der Waals surface area contributed by atoms with E-state index in [4.69, 9.17) is 28.7 Å². The Balaban J connectivity index is 1.09. The average molecular weight is 847 g/mol. The monoisotopic (exact) mass is 846 g/mol. The number of amides is 4. The van der Waals surface area contributed by atoms with Crippen LogP contribution >= 0.6 is 0 Å². The molecule has 2 aromatic carbocycles. The number of aromatic nitrogens is 1. The molecule has 0 radical (unpaired) electrons. The summed E-state index contributed by atoms with van der Waals surface area (Å²) in [6, 6.07) is 10.1. The van der Waals surface area contributed by atoms with E-state index in [2.05, 4.69) is 26.7 Å². The predicted octanol–water partition coefficient (Wildman–Crippen LogP) is 3.85. The van der Waals surface area contributed by atoms with Crippen molar-refractivity contribution in [3.8, 4) is 34.3 Å². The molecule has 3 heterocycles. The lowest BCUT2D eigenvalue weighted by Crippen LogP contribution is -2.59. The van der Waals surface area contributed by atoms with Crippen LogP contribution in [0.2, 0.25) is 0 Å². The highest BCUT2D eigenvalue weighted by Crippen LogP contribution is 2.45. The van der Waals surface area contributed by atoms with Crippen molar-refractivity contribution in [2.75, 3.05) is 20.4 Å². The molecule has 3 saturated carbocycles. The maximum Gasteiger partial charge on any atom is 0.408 e. The van der Waals surface area contributed by atoms with E-state index < -0.39 is 69.6 Å². The minimum atomic E-state index is -4.20. The molecule has 3 aromatic rings. The van der Waals surface area contributed by atoms with Gasteiger partial charge in [0.2, 0.25) is 18.6 Å². The third kappa shape index (κ3) is 8.66. The topological polar surface area (TPSA) is 213 Å². The SMILES string of the molecule is C=CC1CC1(NC(=O)[C@@H]1C[C@@H](Oc2cc(-c3ccc4c(c3)OCO4)nc3cc(OC)ccc23)CN1C(=O)[C@@H](NC(=O)OC1CCCC1)C(C)C)C(=O)NS(=O)(=O)NC1CC1. The van der Waals surface area contributed by atoms with Crippen molar-refractivity contribution in [2.24, 2.45) is 11.8 Å². The number of pyridine rings is 1. The number of carbonyl (C=O) groups is 4. The zero-order chi connectivity index (χ0) is 42.3. The highest BCUT2D eigenvalue weighted by molar-refractivity contribution is 7.88. The van der Waals surface area contributed by atoms with Crippen molar-refractivity contribution in [3.05, 3.63) is 55.1 Å². The second-order valence-corrected chi connectivity index (χ2v) is 17.9. The summed E-state index contributed by atoms with van der Waals surface area (Å²) < 4.78 is 59.0. The van der Waals surface area contributed by atoms with Crippen LogP contribution in [0.4, 0.5) is 4.79 Å². The van der Waals surface area contributed by atoms with Gasteiger partial charge in [0.05, 0.1) is 24.9 Å². The predicted molar refractivity (Wildman–Crippen MR) is 217 cm³/mol. The number of fused-ring (bicyclic) bond motifs is 2. The van der Waals surface area contributed by atoms with Gasteiger partial charge in [0.25, 0.3) is 5.91 Å². The molecule has 17 nitrogen and oxygen atoms in total. The first-order valence-corrected chi connectivity index (χ1v) is 21.9. The highest BCUT2D eigenvalue weighted by Gasteiger charge is 2.61. The fraction of sp³-hybridized carbons (Fsp3) is 0.500. The van der Waals surface area contributed by atoms with Gasteiger partial charge in [-0.25, -0.2) is 14.5 Å². The summed E-state index contributed by atoms with van der Waals surface area (Å²) in [6.07, 6.45) is 4.56. The normalized spacial score (nSPS) is 23.9. The minimum Gasteiger partial charge on any atom is -0.497 e. The first kappa shape index (κ1) is 41.1. The molecule has 18 heteroatoms. The van der Waals surface area contributed by atoms with Crippen molar-refractivity contribution in [1.29, 1.82) is 0 Å². The smallest absolute Gasteiger partial charge is 0.408 e. The molecule has 8 rings (SSSR count). The molecule has 60 heavy (non-hydrogen) atoms. The molecule has 5 atom stereocenters. The number of methoxy groups -OCH3 is 1. The summed E-state index contributed by atoms with van der Waals surface area (Å²) >= 11 is 0. The molecule has 4 N–H and O–H groups in total. The van der Waals surface area contributed by atoms with Gasteiger partial charge in [-0.1, -0.05) is 19.9 Å². The Bertz CT molecular complexity index is 2310. The van der Waals surface area contributed by atoms with Gasteiger partial charge in [0, 0.05) is 41.5 Å². The van der Waals surface area contributed by atoms with Crippen LogP contribution in [0.25, 0.3) is 22.2 Å². The second-order valence-electron chi connectivity index (χ2n) is 16.5. The maximum atomic E-state index is 14.6. The Kier molecular flexibility index (Phi) is 11.3. The van der Waals surface area contributed by atoms with Crippen molar-refractivity contribution >= 4 is 44.9 Å². The van der Waals surface area contributed by atoms with Crippen LogP contribution in [-0.2, 0) is 29.3 Å². The standard InChI is InChI=1S/C42H50N6O11S/c1-5-25-20-42(25,40(51)47-60(53,54)46-26-11-12-26)45-38(49)33-18-29(21-48(33)39(50)37(23(2)3)44-41(52)59-27-8-6-7-9-27)58-35-19-31(24-10-15-34-36(16-24)57-22-56-34)43-32-17-28(55-4)13-14-30(32)35/h5,10,13-17,19,23,25-27,29,33,37,46H,1,6-9,11-12,18,20-22H2,2-4H3,(H,44,52)(H,45,49)(H,47,51)/t25?,29-,33+,37+,42?/m1/s1. The maximum absolute atomic E-state index is 14.6. The van der Waals surface area contributed by atoms with Crippen LogP contribution < -0.4 is 39.0 Å². The zero-order valence-corrected chi connectivity index (χ0v) is 34.5. The number of nitrogens with one attached hydrogen (secondary N) is 4. The number of hydrogen-bond acceptors (Lipinski definition) is 12. The molecular formula is C42H50N6O11S. The molecule has 1 saturated heterocycles. The van der Waals surface area contributed by atoms with Gasteiger partial charge >= 0.3 is 16.3 Å². The summed E-state index contributed by atoms with van der Waals surface area (Å²) in [5, 5.41) is 6.19. The number of ether oxygens (including phenoxy) is 5. The first-order valence-electron chi connectivity index (χ1n) is 20.4. The molecule has 2 aliphatic heterocycles. The van der Waals surface area contributed by atoms with E-state index in [1.165, 1.54) is 11.0 Å². The quantitative estimate of drug-likeness (QED) is 0.161. The Morgan fingerprint density at radius 2 is 1.77 bits per heavy atom. The molecular weight excluding hydrogens is 797 g/mol. The van der Waals surface area contributed by atoms with E-state index in [1.807, 2.05) is 18.2 Å². The summed E-state index contributed by atoms with van der Waals surface area (Å²) in [4.78, 5) is 62.1. The Morgan fingerprint density at radius 3 is 2.47 bits per heavy atom. The van der Waals surface area contributed by atoms with Gasteiger partial charge in [-0.15, -0.1) is 6.58 Å². The molecule has 5 aliphatic rings. The lowest BCUT2D eigenvalue weighted by molar-refractivity contribution is -0.141. The molecule has 0 spiro atoms. The summed E-state index contributed by atoms with van der Waals surface area (Å²) in [5.74, 6) is -0.952. The fourth-order valence-corrected chi connectivity index (χ4v) is 9.33. The summed E-state index contributed by atoms with van der Waals surface area (Å²) in [5.41, 5.74) is 0.222. The average Bonchev–Trinajstić information content (AvgIpc) is 3.91. The van der Waals surface area contributed by atoms with Crippen molar-refractivity contribution in [3.63, 3.8) is 0 Å². The van der Waals surface area contributed by atoms with Crippen molar-refractivity contribution in [2.45, 2.75) is 101 Å². The van der Waals surface area contributed by atoms with Crippen LogP contribution in [-0.4, -0.2) is 98.4 Å². The van der Waals surface area contributed by atoms with Gasteiger partial charge in [0.15, 0.2) is 11.5 Å². The molecule has 320 valence electrons. The van der Waals surface area contributed by atoms with Crippen LogP contribution in [0.15, 0.2) is 55.1 Å². The van der Waals surface area contributed by atoms with E-state index in [9.17, 15) is 27.6 Å². The first-order chi connectivity index (χ1) is 28.8. The Labute approximate surface area is 348 Å². The fourth-order valence-electron chi connectivity index (χ4n) is 8.17. The number of carbonyl (C=O) groups excluding carboxylic acids is 4. The van der Waals surface area contributed by atoms with E-state index in [0.29, 0.717) is 52.4 Å². The van der Waals surface area contributed by atoms with E-state index in [0.717, 1.165) is 31.2 Å². The van der Waals surface area contributed by atoms with Crippen LogP contribution in [0.5, 0.6) is 23.0 Å². The molecule has 2 unspecified atom stereocenters. The van der Waals surface area contributed by atoms with E-state index >= 15 is 0 Å². The number of alkyl carbamates (subject to hydrolysis) is 1. The highest BCUT2D eigenvalue weighted by atomic mass is 32.2. The van der Waals surface area contributed by atoms with Crippen LogP contribution in [0.1, 0.15) is 65.2 Å². The van der Waals surface area contributed by atoms with Crippen molar-refractivity contribution in [1.82, 2.24) is 30.0 Å². The number of hydrogen-bond donors (Lipinski definition) is 4. The number of benzene rings is 2. The largest absolute Gasteiger partial charge is 0.497 e. The third-order valence-corrected chi connectivity index (χ3v) is 12.8. The number of nitrogens with zero attached hydrogens (tertiary/aromatic N) is 2. The second kappa shape index (κ2) is 16.4. The summed E-state index contributed by atoms with van der Waals surface area (Å²) in [6.45, 7) is 7.39. The molecule has 3 aliphatic carbocycles. The van der Waals surface area contributed by atoms with E-state index in [-0.39, 0.29) is 38.3 Å². The Morgan fingerprint density at radius 1 is 1.00 bits per heavy atom. The van der Waals surface area contributed by atoms with Gasteiger partial charge in [-0.2, -0.15) is 13.1 Å². The van der Waals surface area contributed by atoms with Crippen LogP contribution in [0.3, 0.4) is 0 Å². The number of rotatable bonds is 15. The van der Waals surface area contributed by atoms with Crippen LogP contribution in [0, 0.1) is 11.8 Å². The van der Waals surface area contributed by atoms with Crippen molar-refractivity contribution < 1.29 is 51.3 Å². The molecule has 1 aromatic heterocycles. The summed E-state index contributed by atoms with van der Waals surface area (Å²) in [7, 11) is -2.65. The minimum absolute atomic E-state index is 0.00771. The molecule has 4 amide bonds. The van der Waals surface area contributed by atoms with Gasteiger partial charge in [-0.3, -0.25) is 14.4 Å². The zero-order valence-electron chi connectivity index (χ0n) is 33.7. The van der Waals surface area contributed by atoms with Gasteiger partial charge in [-0.05, 0) is 81.2 Å². The van der Waals surface area contributed by atoms with E-state index in [1.54, 1.807) is 45.2 Å². The molecule has 4 fully saturated rings. The lowest BCUT2D eigenvalue weighted by Gasteiger charge is -2.31. The van der Waals surface area contributed by atoms with Gasteiger partial charge in [0.1, 0.15) is 41.3 Å².